The smallest absolute Gasteiger partial charge is 0.191 e. The van der Waals surface area contributed by atoms with E-state index < -0.39 is 0 Å². The predicted octanol–water partition coefficient (Wildman–Crippen LogP) is 3.46. The van der Waals surface area contributed by atoms with Crippen LogP contribution in [0, 0.1) is 12.8 Å². The largest absolute Gasteiger partial charge is 0.357 e. The van der Waals surface area contributed by atoms with Gasteiger partial charge in [0.05, 0.1) is 6.54 Å². The maximum atomic E-state index is 4.71. The third-order valence-corrected chi connectivity index (χ3v) is 5.09. The van der Waals surface area contributed by atoms with Gasteiger partial charge in [-0.2, -0.15) is 0 Å². The van der Waals surface area contributed by atoms with Gasteiger partial charge in [0.1, 0.15) is 0 Å². The minimum Gasteiger partial charge on any atom is -0.357 e. The summed E-state index contributed by atoms with van der Waals surface area (Å²) in [5, 5.41) is 8.97. The molecule has 23 heavy (non-hydrogen) atoms. The highest BCUT2D eigenvalue weighted by Crippen LogP contribution is 2.16. The molecule has 0 spiro atoms. The van der Waals surface area contributed by atoms with Crippen molar-refractivity contribution in [3.63, 3.8) is 0 Å². The third kappa shape index (κ3) is 7.39. The SMILES string of the molecule is CCNC(=NCc1sccc1C)NCC(C)CN1CCCC1.I. The Hall–Kier alpha value is -0.340. The van der Waals surface area contributed by atoms with Gasteiger partial charge in [-0.25, -0.2) is 4.99 Å². The Kier molecular flexibility index (Phi) is 10.1. The van der Waals surface area contributed by atoms with Crippen LogP contribution in [0.25, 0.3) is 0 Å². The quantitative estimate of drug-likeness (QED) is 0.380. The van der Waals surface area contributed by atoms with Crippen molar-refractivity contribution in [1.29, 1.82) is 0 Å². The second kappa shape index (κ2) is 11.3. The van der Waals surface area contributed by atoms with E-state index >= 15 is 0 Å². The molecule has 132 valence electrons. The first-order chi connectivity index (χ1) is 10.7. The van der Waals surface area contributed by atoms with E-state index in [2.05, 4.69) is 47.8 Å². The van der Waals surface area contributed by atoms with Gasteiger partial charge in [-0.3, -0.25) is 0 Å². The van der Waals surface area contributed by atoms with E-state index in [1.165, 1.54) is 42.9 Å². The molecule has 2 N–H and O–H groups in total. The Bertz CT molecular complexity index is 469. The van der Waals surface area contributed by atoms with Crippen LogP contribution in [0.5, 0.6) is 0 Å². The maximum Gasteiger partial charge on any atom is 0.191 e. The number of guanidine groups is 1. The van der Waals surface area contributed by atoms with E-state index in [0.717, 1.165) is 25.6 Å². The summed E-state index contributed by atoms with van der Waals surface area (Å²) in [4.78, 5) is 8.64. The summed E-state index contributed by atoms with van der Waals surface area (Å²) < 4.78 is 0. The van der Waals surface area contributed by atoms with Crippen LogP contribution >= 0.6 is 35.3 Å². The molecule has 1 saturated heterocycles. The predicted molar refractivity (Wildman–Crippen MR) is 112 cm³/mol. The van der Waals surface area contributed by atoms with Crippen molar-refractivity contribution in [2.75, 3.05) is 32.7 Å². The molecular formula is C17H31IN4S. The molecule has 6 heteroatoms. The summed E-state index contributed by atoms with van der Waals surface area (Å²) in [6.45, 7) is 13.0. The van der Waals surface area contributed by atoms with Crippen LogP contribution < -0.4 is 10.6 Å². The highest BCUT2D eigenvalue weighted by molar-refractivity contribution is 14.0. The van der Waals surface area contributed by atoms with Crippen molar-refractivity contribution < 1.29 is 0 Å². The molecule has 0 aromatic carbocycles. The molecule has 0 amide bonds. The van der Waals surface area contributed by atoms with E-state index in [0.29, 0.717) is 5.92 Å². The lowest BCUT2D eigenvalue weighted by atomic mass is 10.1. The summed E-state index contributed by atoms with van der Waals surface area (Å²) in [6, 6.07) is 2.16. The highest BCUT2D eigenvalue weighted by Gasteiger charge is 2.14. The number of rotatable bonds is 7. The van der Waals surface area contributed by atoms with Gasteiger partial charge < -0.3 is 15.5 Å². The first-order valence-corrected chi connectivity index (χ1v) is 9.34. The molecule has 0 radical (unpaired) electrons. The second-order valence-electron chi connectivity index (χ2n) is 6.22. The lowest BCUT2D eigenvalue weighted by Crippen LogP contribution is -2.41. The molecule has 0 aliphatic carbocycles. The molecule has 1 aliphatic heterocycles. The minimum atomic E-state index is 0. The molecule has 0 bridgehead atoms. The van der Waals surface area contributed by atoms with Crippen molar-refractivity contribution in [2.45, 2.75) is 40.2 Å². The Morgan fingerprint density at radius 2 is 2.09 bits per heavy atom. The second-order valence-corrected chi connectivity index (χ2v) is 7.22. The highest BCUT2D eigenvalue weighted by atomic mass is 127. The van der Waals surface area contributed by atoms with Gasteiger partial charge in [-0.15, -0.1) is 35.3 Å². The molecular weight excluding hydrogens is 419 g/mol. The first-order valence-electron chi connectivity index (χ1n) is 8.46. The summed E-state index contributed by atoms with van der Waals surface area (Å²) >= 11 is 1.79. The van der Waals surface area contributed by atoms with Crippen molar-refractivity contribution in [1.82, 2.24) is 15.5 Å². The normalized spacial score (nSPS) is 16.9. The summed E-state index contributed by atoms with van der Waals surface area (Å²) in [5.41, 5.74) is 1.34. The fourth-order valence-corrected chi connectivity index (χ4v) is 3.63. The Morgan fingerprint density at radius 3 is 2.70 bits per heavy atom. The first kappa shape index (κ1) is 20.7. The Labute approximate surface area is 162 Å². The number of aliphatic imine (C=N–C) groups is 1. The zero-order valence-corrected chi connectivity index (χ0v) is 17.7. The fourth-order valence-electron chi connectivity index (χ4n) is 2.80. The monoisotopic (exact) mass is 450 g/mol. The standard InChI is InChI=1S/C17H30N4S.HI/c1-4-18-17(20-12-16-15(3)7-10-22-16)19-11-14(2)13-21-8-5-6-9-21;/h7,10,14H,4-6,8-9,11-13H2,1-3H3,(H2,18,19,20);1H. The maximum absolute atomic E-state index is 4.71. The van der Waals surface area contributed by atoms with Crippen molar-refractivity contribution >= 4 is 41.3 Å². The molecule has 2 rings (SSSR count). The van der Waals surface area contributed by atoms with Gasteiger partial charge in [-0.1, -0.05) is 6.92 Å². The van der Waals surface area contributed by atoms with E-state index in [1.807, 2.05) is 0 Å². The van der Waals surface area contributed by atoms with Crippen LogP contribution in [0.15, 0.2) is 16.4 Å². The molecule has 1 unspecified atom stereocenters. The van der Waals surface area contributed by atoms with Gasteiger partial charge in [0.2, 0.25) is 0 Å². The van der Waals surface area contributed by atoms with Crippen molar-refractivity contribution in [3.8, 4) is 0 Å². The molecule has 0 saturated carbocycles. The minimum absolute atomic E-state index is 0. The number of hydrogen-bond donors (Lipinski definition) is 2. The van der Waals surface area contributed by atoms with E-state index in [1.54, 1.807) is 11.3 Å². The van der Waals surface area contributed by atoms with Crippen LogP contribution in [-0.2, 0) is 6.54 Å². The van der Waals surface area contributed by atoms with Gasteiger partial charge in [0.25, 0.3) is 0 Å². The van der Waals surface area contributed by atoms with Gasteiger partial charge >= 0.3 is 0 Å². The topological polar surface area (TPSA) is 39.7 Å². The molecule has 1 atom stereocenters. The van der Waals surface area contributed by atoms with E-state index in [-0.39, 0.29) is 24.0 Å². The summed E-state index contributed by atoms with van der Waals surface area (Å²) in [5.74, 6) is 1.58. The average Bonchev–Trinajstić information content (AvgIpc) is 3.14. The fraction of sp³-hybridized carbons (Fsp3) is 0.706. The summed E-state index contributed by atoms with van der Waals surface area (Å²) in [7, 11) is 0. The van der Waals surface area contributed by atoms with Crippen LogP contribution in [0.1, 0.15) is 37.1 Å². The third-order valence-electron chi connectivity index (χ3n) is 4.08. The Morgan fingerprint density at radius 1 is 1.35 bits per heavy atom. The van der Waals surface area contributed by atoms with Crippen LogP contribution in [0.3, 0.4) is 0 Å². The lowest BCUT2D eigenvalue weighted by molar-refractivity contribution is 0.287. The van der Waals surface area contributed by atoms with Gasteiger partial charge in [0, 0.05) is 24.5 Å². The van der Waals surface area contributed by atoms with Crippen LogP contribution in [0.4, 0.5) is 0 Å². The van der Waals surface area contributed by atoms with Gasteiger partial charge in [-0.05, 0) is 62.7 Å². The van der Waals surface area contributed by atoms with Gasteiger partial charge in [0.15, 0.2) is 5.96 Å². The number of thiophene rings is 1. The van der Waals surface area contributed by atoms with Crippen LogP contribution in [-0.4, -0.2) is 43.6 Å². The average molecular weight is 450 g/mol. The number of nitrogens with zero attached hydrogens (tertiary/aromatic N) is 2. The zero-order valence-electron chi connectivity index (χ0n) is 14.6. The Balaban J connectivity index is 0.00000264. The number of nitrogens with one attached hydrogen (secondary N) is 2. The molecule has 4 nitrogen and oxygen atoms in total. The van der Waals surface area contributed by atoms with E-state index in [4.69, 9.17) is 4.99 Å². The van der Waals surface area contributed by atoms with Crippen molar-refractivity contribution in [3.05, 3.63) is 21.9 Å². The molecule has 1 aliphatic rings. The number of halogens is 1. The molecule has 1 aromatic rings. The van der Waals surface area contributed by atoms with E-state index in [9.17, 15) is 0 Å². The van der Waals surface area contributed by atoms with Crippen LogP contribution in [0.2, 0.25) is 0 Å². The lowest BCUT2D eigenvalue weighted by Gasteiger charge is -2.21. The van der Waals surface area contributed by atoms with Crippen molar-refractivity contribution in [2.24, 2.45) is 10.9 Å². The zero-order chi connectivity index (χ0) is 15.8. The molecule has 1 aromatic heterocycles. The number of aryl methyl sites for hydroxylation is 1. The summed E-state index contributed by atoms with van der Waals surface area (Å²) in [6.07, 6.45) is 2.73. The number of likely N-dealkylation sites (tertiary alicyclic amines) is 1. The molecule has 2 heterocycles. The molecule has 1 fully saturated rings. The number of hydrogen-bond acceptors (Lipinski definition) is 3.